The molecule has 0 aliphatic rings. The zero-order chi connectivity index (χ0) is 8.97. The summed E-state index contributed by atoms with van der Waals surface area (Å²) >= 11 is 5.29. The van der Waals surface area contributed by atoms with Gasteiger partial charge >= 0.3 is 0 Å². The standard InChI is InChI=1S/C10H13BrS/c1-8(2)9(7-11)6-10-4-3-5-12-10/h3-6,8H,7H2,1-2H3. The van der Waals surface area contributed by atoms with Crippen LogP contribution in [0.25, 0.3) is 6.08 Å². The maximum Gasteiger partial charge on any atom is 0.0270 e. The van der Waals surface area contributed by atoms with Crippen molar-refractivity contribution >= 4 is 33.3 Å². The minimum absolute atomic E-state index is 0.631. The highest BCUT2D eigenvalue weighted by Crippen LogP contribution is 2.19. The maximum absolute atomic E-state index is 3.50. The van der Waals surface area contributed by atoms with Crippen molar-refractivity contribution in [1.29, 1.82) is 0 Å². The van der Waals surface area contributed by atoms with Crippen LogP contribution in [0.5, 0.6) is 0 Å². The van der Waals surface area contributed by atoms with Crippen molar-refractivity contribution in [3.63, 3.8) is 0 Å². The van der Waals surface area contributed by atoms with E-state index in [9.17, 15) is 0 Å². The van der Waals surface area contributed by atoms with Gasteiger partial charge in [0.05, 0.1) is 0 Å². The van der Waals surface area contributed by atoms with Crippen LogP contribution in [0.2, 0.25) is 0 Å². The zero-order valence-electron chi connectivity index (χ0n) is 7.38. The van der Waals surface area contributed by atoms with E-state index >= 15 is 0 Å². The molecule has 0 aromatic carbocycles. The summed E-state index contributed by atoms with van der Waals surface area (Å²) in [5.74, 6) is 0.631. The van der Waals surface area contributed by atoms with Gasteiger partial charge in [-0.25, -0.2) is 0 Å². The number of hydrogen-bond acceptors (Lipinski definition) is 1. The summed E-state index contributed by atoms with van der Waals surface area (Å²) in [5.41, 5.74) is 1.46. The molecule has 0 bridgehead atoms. The average Bonchev–Trinajstić information content (AvgIpc) is 2.51. The second kappa shape index (κ2) is 4.83. The van der Waals surface area contributed by atoms with Crippen molar-refractivity contribution in [2.24, 2.45) is 5.92 Å². The van der Waals surface area contributed by atoms with Crippen molar-refractivity contribution in [1.82, 2.24) is 0 Å². The maximum atomic E-state index is 3.50. The Labute approximate surface area is 86.4 Å². The smallest absolute Gasteiger partial charge is 0.0270 e. The monoisotopic (exact) mass is 244 g/mol. The predicted octanol–water partition coefficient (Wildman–Crippen LogP) is 4.18. The van der Waals surface area contributed by atoms with Gasteiger partial charge in [-0.05, 0) is 23.4 Å². The Balaban J connectivity index is 2.78. The van der Waals surface area contributed by atoms with Gasteiger partial charge in [0.2, 0.25) is 0 Å². The second-order valence-electron chi connectivity index (χ2n) is 3.02. The lowest BCUT2D eigenvalue weighted by molar-refractivity contribution is 0.781. The molecule has 0 nitrogen and oxygen atoms in total. The van der Waals surface area contributed by atoms with Crippen molar-refractivity contribution < 1.29 is 0 Å². The highest BCUT2D eigenvalue weighted by Gasteiger charge is 2.01. The third-order valence-electron chi connectivity index (χ3n) is 1.77. The molecule has 66 valence electrons. The number of hydrogen-bond donors (Lipinski definition) is 0. The Hall–Kier alpha value is -0.0800. The van der Waals surface area contributed by atoms with E-state index in [1.54, 1.807) is 11.3 Å². The molecular formula is C10H13BrS. The SMILES string of the molecule is CC(C)C(=Cc1cccs1)CBr. The third kappa shape index (κ3) is 2.76. The van der Waals surface area contributed by atoms with Crippen LogP contribution in [0.15, 0.2) is 23.1 Å². The van der Waals surface area contributed by atoms with Crippen molar-refractivity contribution in [3.05, 3.63) is 28.0 Å². The van der Waals surface area contributed by atoms with E-state index in [2.05, 4.69) is 53.4 Å². The number of halogens is 1. The van der Waals surface area contributed by atoms with Gasteiger partial charge in [0.1, 0.15) is 0 Å². The summed E-state index contributed by atoms with van der Waals surface area (Å²) in [6, 6.07) is 4.23. The van der Waals surface area contributed by atoms with Crippen LogP contribution < -0.4 is 0 Å². The van der Waals surface area contributed by atoms with E-state index in [1.807, 2.05) is 0 Å². The predicted molar refractivity (Wildman–Crippen MR) is 60.9 cm³/mol. The lowest BCUT2D eigenvalue weighted by Crippen LogP contribution is -1.93. The highest BCUT2D eigenvalue weighted by atomic mass is 79.9. The minimum Gasteiger partial charge on any atom is -0.144 e. The summed E-state index contributed by atoms with van der Waals surface area (Å²) in [6.45, 7) is 4.45. The molecule has 1 rings (SSSR count). The van der Waals surface area contributed by atoms with E-state index in [1.165, 1.54) is 10.5 Å². The molecule has 1 aromatic heterocycles. The molecule has 0 N–H and O–H groups in total. The van der Waals surface area contributed by atoms with E-state index < -0.39 is 0 Å². The molecule has 0 unspecified atom stereocenters. The lowest BCUT2D eigenvalue weighted by atomic mass is 10.1. The first-order valence-corrected chi connectivity index (χ1v) is 6.04. The Morgan fingerprint density at radius 2 is 2.42 bits per heavy atom. The molecule has 1 aromatic rings. The van der Waals surface area contributed by atoms with Gasteiger partial charge in [-0.3, -0.25) is 0 Å². The first kappa shape index (κ1) is 10.0. The number of allylic oxidation sites excluding steroid dienone is 1. The van der Waals surface area contributed by atoms with Gasteiger partial charge in [0.25, 0.3) is 0 Å². The van der Waals surface area contributed by atoms with E-state index in [0.717, 1.165) is 5.33 Å². The molecule has 0 radical (unpaired) electrons. The molecule has 0 amide bonds. The summed E-state index contributed by atoms with van der Waals surface area (Å²) < 4.78 is 0. The van der Waals surface area contributed by atoms with Gasteiger partial charge in [0, 0.05) is 10.2 Å². The Morgan fingerprint density at radius 3 is 2.83 bits per heavy atom. The topological polar surface area (TPSA) is 0 Å². The summed E-state index contributed by atoms with van der Waals surface area (Å²) in [5, 5.41) is 3.08. The first-order chi connectivity index (χ1) is 5.74. The van der Waals surface area contributed by atoms with Gasteiger partial charge in [-0.2, -0.15) is 0 Å². The van der Waals surface area contributed by atoms with Crippen LogP contribution >= 0.6 is 27.3 Å². The average molecular weight is 245 g/mol. The number of alkyl halides is 1. The molecule has 1 heterocycles. The summed E-state index contributed by atoms with van der Waals surface area (Å²) in [4.78, 5) is 1.35. The van der Waals surface area contributed by atoms with E-state index in [0.29, 0.717) is 5.92 Å². The summed E-state index contributed by atoms with van der Waals surface area (Å²) in [6.07, 6.45) is 2.27. The fraction of sp³-hybridized carbons (Fsp3) is 0.400. The first-order valence-electron chi connectivity index (χ1n) is 4.04. The van der Waals surface area contributed by atoms with Gasteiger partial charge in [0.15, 0.2) is 0 Å². The molecule has 12 heavy (non-hydrogen) atoms. The molecule has 0 aliphatic heterocycles. The van der Waals surface area contributed by atoms with E-state index in [-0.39, 0.29) is 0 Å². The molecule has 2 heteroatoms. The van der Waals surface area contributed by atoms with E-state index in [4.69, 9.17) is 0 Å². The molecule has 0 aliphatic carbocycles. The summed E-state index contributed by atoms with van der Waals surface area (Å²) in [7, 11) is 0. The van der Waals surface area contributed by atoms with Gasteiger partial charge in [-0.15, -0.1) is 11.3 Å². The molecule has 0 spiro atoms. The van der Waals surface area contributed by atoms with Crippen molar-refractivity contribution in [2.45, 2.75) is 13.8 Å². The number of rotatable bonds is 3. The molecule has 0 saturated carbocycles. The van der Waals surface area contributed by atoms with Crippen molar-refractivity contribution in [3.8, 4) is 0 Å². The van der Waals surface area contributed by atoms with Crippen LogP contribution in [0.1, 0.15) is 18.7 Å². The minimum atomic E-state index is 0.631. The number of thiophene rings is 1. The third-order valence-corrected chi connectivity index (χ3v) is 3.23. The highest BCUT2D eigenvalue weighted by molar-refractivity contribution is 9.09. The van der Waals surface area contributed by atoms with Crippen LogP contribution in [0.4, 0.5) is 0 Å². The Kier molecular flexibility index (Phi) is 4.02. The fourth-order valence-electron chi connectivity index (χ4n) is 0.916. The molecular weight excluding hydrogens is 232 g/mol. The normalized spacial score (nSPS) is 12.5. The Morgan fingerprint density at radius 1 is 1.67 bits per heavy atom. The second-order valence-corrected chi connectivity index (χ2v) is 4.56. The fourth-order valence-corrected chi connectivity index (χ4v) is 2.42. The largest absolute Gasteiger partial charge is 0.144 e. The van der Waals surface area contributed by atoms with Crippen LogP contribution in [-0.2, 0) is 0 Å². The lowest BCUT2D eigenvalue weighted by Gasteiger charge is -2.06. The van der Waals surface area contributed by atoms with Crippen molar-refractivity contribution in [2.75, 3.05) is 5.33 Å². The molecule has 0 saturated heterocycles. The van der Waals surface area contributed by atoms with Crippen LogP contribution in [0.3, 0.4) is 0 Å². The quantitative estimate of drug-likeness (QED) is 0.700. The van der Waals surface area contributed by atoms with Crippen LogP contribution in [-0.4, -0.2) is 5.33 Å². The zero-order valence-corrected chi connectivity index (χ0v) is 9.78. The molecule has 0 fully saturated rings. The Bertz CT molecular complexity index is 247. The van der Waals surface area contributed by atoms with Gasteiger partial charge in [-0.1, -0.05) is 41.4 Å². The van der Waals surface area contributed by atoms with Gasteiger partial charge < -0.3 is 0 Å². The van der Waals surface area contributed by atoms with Crippen LogP contribution in [0, 0.1) is 5.92 Å². The molecule has 0 atom stereocenters.